The number of halogens is 2. The van der Waals surface area contributed by atoms with Crippen LogP contribution in [0.5, 0.6) is 5.75 Å². The molecular weight excluding hydrogens is 245 g/mol. The molecule has 16 heavy (non-hydrogen) atoms. The number of ether oxygens (including phenoxy) is 1. The molecular formula is C12H18Cl2NO+. The molecule has 0 aliphatic rings. The summed E-state index contributed by atoms with van der Waals surface area (Å²) in [5, 5.41) is 3.29. The third kappa shape index (κ3) is 4.60. The molecule has 1 aromatic carbocycles. The van der Waals surface area contributed by atoms with Crippen molar-refractivity contribution in [3.63, 3.8) is 0 Å². The molecule has 2 N–H and O–H groups in total. The molecule has 0 atom stereocenters. The van der Waals surface area contributed by atoms with Crippen LogP contribution >= 0.6 is 23.2 Å². The van der Waals surface area contributed by atoms with Crippen LogP contribution in [0.3, 0.4) is 0 Å². The van der Waals surface area contributed by atoms with Gasteiger partial charge in [0, 0.05) is 0 Å². The summed E-state index contributed by atoms with van der Waals surface area (Å²) in [7, 11) is 0. The maximum absolute atomic E-state index is 5.99. The Kier molecular flexibility index (Phi) is 6.62. The molecule has 1 aromatic rings. The van der Waals surface area contributed by atoms with Crippen LogP contribution in [0.1, 0.15) is 19.8 Å². The SMILES string of the molecule is CCCC[NH2+]CCOc1cccc(Cl)c1Cl. The lowest BCUT2D eigenvalue weighted by Gasteiger charge is -2.07. The molecule has 0 fully saturated rings. The smallest absolute Gasteiger partial charge is 0.139 e. The van der Waals surface area contributed by atoms with Crippen LogP contribution < -0.4 is 10.1 Å². The lowest BCUT2D eigenvalue weighted by Crippen LogP contribution is -2.85. The Bertz CT molecular complexity index is 318. The van der Waals surface area contributed by atoms with Gasteiger partial charge in [0.15, 0.2) is 0 Å². The van der Waals surface area contributed by atoms with Crippen LogP contribution in [0.25, 0.3) is 0 Å². The largest absolute Gasteiger partial charge is 0.486 e. The molecule has 90 valence electrons. The monoisotopic (exact) mass is 262 g/mol. The highest BCUT2D eigenvalue weighted by molar-refractivity contribution is 6.42. The first-order chi connectivity index (χ1) is 7.75. The maximum atomic E-state index is 5.99. The van der Waals surface area contributed by atoms with Crippen LogP contribution in [0.4, 0.5) is 0 Å². The molecule has 0 saturated heterocycles. The van der Waals surface area contributed by atoms with Gasteiger partial charge in [-0.3, -0.25) is 0 Å². The fourth-order valence-electron chi connectivity index (χ4n) is 1.34. The van der Waals surface area contributed by atoms with Crippen LogP contribution in [0, 0.1) is 0 Å². The van der Waals surface area contributed by atoms with Gasteiger partial charge in [-0.2, -0.15) is 0 Å². The van der Waals surface area contributed by atoms with Crippen molar-refractivity contribution < 1.29 is 10.1 Å². The lowest BCUT2D eigenvalue weighted by molar-refractivity contribution is -0.655. The second kappa shape index (κ2) is 7.77. The molecule has 4 heteroatoms. The van der Waals surface area contributed by atoms with Crippen molar-refractivity contribution in [2.24, 2.45) is 0 Å². The Labute approximate surface area is 107 Å². The van der Waals surface area contributed by atoms with Crippen molar-refractivity contribution in [2.75, 3.05) is 19.7 Å². The van der Waals surface area contributed by atoms with E-state index in [1.165, 1.54) is 12.8 Å². The number of unbranched alkanes of at least 4 members (excludes halogenated alkanes) is 1. The molecule has 2 nitrogen and oxygen atoms in total. The van der Waals surface area contributed by atoms with E-state index in [2.05, 4.69) is 12.2 Å². The predicted molar refractivity (Wildman–Crippen MR) is 68.5 cm³/mol. The topological polar surface area (TPSA) is 25.8 Å². The van der Waals surface area contributed by atoms with Crippen LogP contribution in [0.2, 0.25) is 10.0 Å². The van der Waals surface area contributed by atoms with E-state index in [1.807, 2.05) is 12.1 Å². The summed E-state index contributed by atoms with van der Waals surface area (Å²) in [6, 6.07) is 5.43. The highest BCUT2D eigenvalue weighted by Gasteiger charge is 2.04. The second-order valence-corrected chi connectivity index (χ2v) is 4.41. The summed E-state index contributed by atoms with van der Waals surface area (Å²) in [6.07, 6.45) is 2.48. The summed E-state index contributed by atoms with van der Waals surface area (Å²) in [6.45, 7) is 4.95. The zero-order valence-electron chi connectivity index (χ0n) is 9.51. The van der Waals surface area contributed by atoms with Crippen LogP contribution in [-0.4, -0.2) is 19.7 Å². The molecule has 0 aromatic heterocycles. The second-order valence-electron chi connectivity index (χ2n) is 3.62. The van der Waals surface area contributed by atoms with Gasteiger partial charge in [-0.05, 0) is 18.6 Å². The normalized spacial score (nSPS) is 10.4. The third-order valence-corrected chi connectivity index (χ3v) is 3.06. The lowest BCUT2D eigenvalue weighted by atomic mass is 10.3. The molecule has 0 radical (unpaired) electrons. The van der Waals surface area contributed by atoms with Gasteiger partial charge in [-0.1, -0.05) is 42.6 Å². The number of nitrogens with two attached hydrogens (primary N) is 1. The Balaban J connectivity index is 2.24. The quantitative estimate of drug-likeness (QED) is 0.752. The standard InChI is InChI=1S/C12H17Cl2NO/c1-2-3-7-15-8-9-16-11-6-4-5-10(13)12(11)14/h4-6,15H,2-3,7-9H2,1H3/p+1. The molecule has 0 heterocycles. The predicted octanol–water partition coefficient (Wildman–Crippen LogP) is 2.74. The van der Waals surface area contributed by atoms with E-state index < -0.39 is 0 Å². The molecule has 0 unspecified atom stereocenters. The third-order valence-electron chi connectivity index (χ3n) is 2.26. The van der Waals surface area contributed by atoms with Crippen LogP contribution in [-0.2, 0) is 0 Å². The Morgan fingerprint density at radius 1 is 1.25 bits per heavy atom. The van der Waals surface area contributed by atoms with Crippen molar-refractivity contribution >= 4 is 23.2 Å². The van der Waals surface area contributed by atoms with E-state index in [0.29, 0.717) is 22.4 Å². The summed E-state index contributed by atoms with van der Waals surface area (Å²) < 4.78 is 5.55. The van der Waals surface area contributed by atoms with E-state index in [9.17, 15) is 0 Å². The maximum Gasteiger partial charge on any atom is 0.139 e. The van der Waals surface area contributed by atoms with E-state index >= 15 is 0 Å². The van der Waals surface area contributed by atoms with Gasteiger partial charge in [0.05, 0.1) is 11.6 Å². The molecule has 0 bridgehead atoms. The number of hydrogen-bond donors (Lipinski definition) is 1. The van der Waals surface area contributed by atoms with Gasteiger partial charge in [0.25, 0.3) is 0 Å². The van der Waals surface area contributed by atoms with E-state index in [1.54, 1.807) is 6.07 Å². The van der Waals surface area contributed by atoms with E-state index in [4.69, 9.17) is 27.9 Å². The Hall–Kier alpha value is -0.440. The number of quaternary nitrogens is 1. The van der Waals surface area contributed by atoms with Gasteiger partial charge >= 0.3 is 0 Å². The van der Waals surface area contributed by atoms with Gasteiger partial charge in [-0.15, -0.1) is 0 Å². The van der Waals surface area contributed by atoms with Crippen molar-refractivity contribution in [1.29, 1.82) is 0 Å². The van der Waals surface area contributed by atoms with Gasteiger partial charge in [0.2, 0.25) is 0 Å². The highest BCUT2D eigenvalue weighted by Crippen LogP contribution is 2.31. The summed E-state index contributed by atoms with van der Waals surface area (Å²) in [5.74, 6) is 0.665. The minimum atomic E-state index is 0.498. The zero-order chi connectivity index (χ0) is 11.8. The zero-order valence-corrected chi connectivity index (χ0v) is 11.0. The number of benzene rings is 1. The minimum Gasteiger partial charge on any atom is -0.486 e. The number of hydrogen-bond acceptors (Lipinski definition) is 1. The molecule has 0 aliphatic heterocycles. The first kappa shape index (κ1) is 13.6. The average molecular weight is 263 g/mol. The molecule has 0 aliphatic carbocycles. The average Bonchev–Trinajstić information content (AvgIpc) is 2.29. The first-order valence-corrected chi connectivity index (χ1v) is 6.39. The van der Waals surface area contributed by atoms with Crippen molar-refractivity contribution in [3.8, 4) is 5.75 Å². The summed E-state index contributed by atoms with van der Waals surface area (Å²) in [5.41, 5.74) is 0. The molecule has 1 rings (SSSR count). The fraction of sp³-hybridized carbons (Fsp3) is 0.500. The van der Waals surface area contributed by atoms with Crippen molar-refractivity contribution in [2.45, 2.75) is 19.8 Å². The van der Waals surface area contributed by atoms with Gasteiger partial charge < -0.3 is 10.1 Å². The molecule has 0 amide bonds. The molecule has 0 saturated carbocycles. The Morgan fingerprint density at radius 3 is 2.81 bits per heavy atom. The van der Waals surface area contributed by atoms with Gasteiger partial charge in [0.1, 0.15) is 23.9 Å². The van der Waals surface area contributed by atoms with Crippen molar-refractivity contribution in [1.82, 2.24) is 0 Å². The van der Waals surface area contributed by atoms with E-state index in [-0.39, 0.29) is 0 Å². The summed E-state index contributed by atoms with van der Waals surface area (Å²) in [4.78, 5) is 0. The molecule has 0 spiro atoms. The highest BCUT2D eigenvalue weighted by atomic mass is 35.5. The minimum absolute atomic E-state index is 0.498. The van der Waals surface area contributed by atoms with Gasteiger partial charge in [-0.25, -0.2) is 0 Å². The summed E-state index contributed by atoms with van der Waals surface area (Å²) >= 11 is 11.9. The number of rotatable bonds is 7. The van der Waals surface area contributed by atoms with Crippen LogP contribution in [0.15, 0.2) is 18.2 Å². The fourth-order valence-corrected chi connectivity index (χ4v) is 1.69. The first-order valence-electron chi connectivity index (χ1n) is 5.64. The Morgan fingerprint density at radius 2 is 2.06 bits per heavy atom. The van der Waals surface area contributed by atoms with E-state index in [0.717, 1.165) is 13.1 Å². The van der Waals surface area contributed by atoms with Crippen molar-refractivity contribution in [3.05, 3.63) is 28.2 Å².